The summed E-state index contributed by atoms with van der Waals surface area (Å²) in [5, 5.41) is 13.3. The highest BCUT2D eigenvalue weighted by Crippen LogP contribution is 2.27. The smallest absolute Gasteiger partial charge is 0.288 e. The Kier molecular flexibility index (Phi) is 4.32. The maximum Gasteiger partial charge on any atom is 0.288 e. The van der Waals surface area contributed by atoms with E-state index >= 15 is 0 Å². The Balaban J connectivity index is 2.14. The van der Waals surface area contributed by atoms with Crippen molar-refractivity contribution in [2.45, 2.75) is 6.54 Å². The molecule has 6 heteroatoms. The second-order valence-electron chi connectivity index (χ2n) is 4.06. The fourth-order valence-electron chi connectivity index (χ4n) is 1.71. The van der Waals surface area contributed by atoms with Gasteiger partial charge in [-0.3, -0.25) is 14.9 Å². The van der Waals surface area contributed by atoms with Crippen molar-refractivity contribution in [1.29, 1.82) is 0 Å². The van der Waals surface area contributed by atoms with Crippen LogP contribution in [-0.4, -0.2) is 10.8 Å². The van der Waals surface area contributed by atoms with Crippen LogP contribution in [0.15, 0.2) is 48.5 Å². The number of amides is 1. The molecule has 0 saturated carbocycles. The molecule has 1 N–H and O–H groups in total. The van der Waals surface area contributed by atoms with Crippen molar-refractivity contribution in [3.63, 3.8) is 0 Å². The molecule has 2 rings (SSSR count). The molecule has 0 heterocycles. The van der Waals surface area contributed by atoms with Gasteiger partial charge in [-0.1, -0.05) is 48.0 Å². The van der Waals surface area contributed by atoms with Gasteiger partial charge in [0.15, 0.2) is 0 Å². The Morgan fingerprint density at radius 3 is 2.50 bits per heavy atom. The third-order valence-electron chi connectivity index (χ3n) is 2.72. The minimum atomic E-state index is -0.615. The first-order chi connectivity index (χ1) is 9.59. The number of rotatable bonds is 4. The number of nitro benzene ring substituents is 1. The fraction of sp³-hybridized carbons (Fsp3) is 0.0714. The summed E-state index contributed by atoms with van der Waals surface area (Å²) in [6, 6.07) is 13.5. The highest BCUT2D eigenvalue weighted by Gasteiger charge is 2.19. The number of nitrogens with zero attached hydrogens (tertiary/aromatic N) is 1. The van der Waals surface area contributed by atoms with Gasteiger partial charge in [0.25, 0.3) is 11.6 Å². The van der Waals surface area contributed by atoms with Crippen LogP contribution in [0.3, 0.4) is 0 Å². The maximum atomic E-state index is 12.0. The van der Waals surface area contributed by atoms with Crippen LogP contribution in [0.2, 0.25) is 5.02 Å². The summed E-state index contributed by atoms with van der Waals surface area (Å²) in [4.78, 5) is 22.1. The molecule has 2 aromatic rings. The molecule has 2 aromatic carbocycles. The van der Waals surface area contributed by atoms with Gasteiger partial charge in [-0.2, -0.15) is 0 Å². The fourth-order valence-corrected chi connectivity index (χ4v) is 1.99. The van der Waals surface area contributed by atoms with Crippen LogP contribution in [0.25, 0.3) is 0 Å². The van der Waals surface area contributed by atoms with Gasteiger partial charge in [0, 0.05) is 12.6 Å². The van der Waals surface area contributed by atoms with Gasteiger partial charge in [0.1, 0.15) is 5.02 Å². The standard InChI is InChI=1S/C14H11ClN2O3/c15-13-11(7-4-8-12(13)17(19)20)14(18)16-9-10-5-2-1-3-6-10/h1-8H,9H2,(H,16,18). The van der Waals surface area contributed by atoms with Gasteiger partial charge in [0.2, 0.25) is 0 Å². The van der Waals surface area contributed by atoms with E-state index in [4.69, 9.17) is 11.6 Å². The number of carbonyl (C=O) groups is 1. The summed E-state index contributed by atoms with van der Waals surface area (Å²) in [7, 11) is 0. The van der Waals surface area contributed by atoms with Crippen LogP contribution >= 0.6 is 11.6 Å². The molecule has 0 aliphatic carbocycles. The predicted octanol–water partition coefficient (Wildman–Crippen LogP) is 3.18. The van der Waals surface area contributed by atoms with Crippen LogP contribution in [0, 0.1) is 10.1 Å². The highest BCUT2D eigenvalue weighted by atomic mass is 35.5. The monoisotopic (exact) mass is 290 g/mol. The van der Waals surface area contributed by atoms with Crippen molar-refractivity contribution in [3.05, 3.63) is 74.8 Å². The zero-order valence-electron chi connectivity index (χ0n) is 10.4. The Labute approximate surface area is 120 Å². The summed E-state index contributed by atoms with van der Waals surface area (Å²) in [6.45, 7) is 0.332. The second kappa shape index (κ2) is 6.16. The van der Waals surface area contributed by atoms with Crippen molar-refractivity contribution >= 4 is 23.2 Å². The van der Waals surface area contributed by atoms with E-state index in [0.717, 1.165) is 5.56 Å². The first kappa shape index (κ1) is 14.0. The average Bonchev–Trinajstić information content (AvgIpc) is 2.46. The van der Waals surface area contributed by atoms with Crippen LogP contribution in [0.5, 0.6) is 0 Å². The minimum absolute atomic E-state index is 0.0943. The van der Waals surface area contributed by atoms with Crippen molar-refractivity contribution in [2.24, 2.45) is 0 Å². The van der Waals surface area contributed by atoms with Crippen molar-refractivity contribution < 1.29 is 9.72 Å². The molecular weight excluding hydrogens is 280 g/mol. The van der Waals surface area contributed by atoms with Gasteiger partial charge in [-0.05, 0) is 11.6 Å². The van der Waals surface area contributed by atoms with Crippen LogP contribution in [-0.2, 0) is 6.54 Å². The second-order valence-corrected chi connectivity index (χ2v) is 4.44. The molecule has 0 fully saturated rings. The lowest BCUT2D eigenvalue weighted by Crippen LogP contribution is -2.23. The van der Waals surface area contributed by atoms with Crippen molar-refractivity contribution in [2.75, 3.05) is 0 Å². The van der Waals surface area contributed by atoms with Gasteiger partial charge >= 0.3 is 0 Å². The molecule has 0 unspecified atom stereocenters. The molecule has 0 aliphatic heterocycles. The molecule has 0 bridgehead atoms. The van der Waals surface area contributed by atoms with E-state index in [9.17, 15) is 14.9 Å². The number of nitrogens with one attached hydrogen (secondary N) is 1. The molecule has 0 atom stereocenters. The van der Waals surface area contributed by atoms with Crippen molar-refractivity contribution in [3.8, 4) is 0 Å². The number of halogens is 1. The Morgan fingerprint density at radius 2 is 1.85 bits per heavy atom. The number of benzene rings is 2. The summed E-state index contributed by atoms with van der Waals surface area (Å²) in [6.07, 6.45) is 0. The summed E-state index contributed by atoms with van der Waals surface area (Å²) < 4.78 is 0. The largest absolute Gasteiger partial charge is 0.348 e. The summed E-state index contributed by atoms with van der Waals surface area (Å²) >= 11 is 5.88. The number of hydrogen-bond acceptors (Lipinski definition) is 3. The maximum absolute atomic E-state index is 12.0. The Morgan fingerprint density at radius 1 is 1.15 bits per heavy atom. The number of nitro groups is 1. The third-order valence-corrected chi connectivity index (χ3v) is 3.11. The number of hydrogen-bond donors (Lipinski definition) is 1. The van der Waals surface area contributed by atoms with E-state index in [2.05, 4.69) is 5.32 Å². The third kappa shape index (κ3) is 3.13. The number of carbonyl (C=O) groups excluding carboxylic acids is 1. The molecular formula is C14H11ClN2O3. The lowest BCUT2D eigenvalue weighted by Gasteiger charge is -2.07. The summed E-state index contributed by atoms with van der Waals surface area (Å²) in [5.41, 5.74) is 0.748. The zero-order chi connectivity index (χ0) is 14.5. The van der Waals surface area contributed by atoms with E-state index in [-0.39, 0.29) is 16.3 Å². The minimum Gasteiger partial charge on any atom is -0.348 e. The lowest BCUT2D eigenvalue weighted by atomic mass is 10.1. The first-order valence-electron chi connectivity index (χ1n) is 5.84. The quantitative estimate of drug-likeness (QED) is 0.694. The normalized spacial score (nSPS) is 10.1. The zero-order valence-corrected chi connectivity index (χ0v) is 11.1. The van der Waals surface area contributed by atoms with E-state index < -0.39 is 10.8 Å². The molecule has 0 radical (unpaired) electrons. The Bertz CT molecular complexity index is 644. The van der Waals surface area contributed by atoms with Crippen LogP contribution < -0.4 is 5.32 Å². The van der Waals surface area contributed by atoms with Gasteiger partial charge in [-0.15, -0.1) is 0 Å². The van der Waals surface area contributed by atoms with Crippen molar-refractivity contribution in [1.82, 2.24) is 5.32 Å². The van der Waals surface area contributed by atoms with Gasteiger partial charge in [-0.25, -0.2) is 0 Å². The summed E-state index contributed by atoms with van der Waals surface area (Å²) in [5.74, 6) is -0.442. The lowest BCUT2D eigenvalue weighted by molar-refractivity contribution is -0.384. The van der Waals surface area contributed by atoms with E-state index in [1.807, 2.05) is 30.3 Å². The van der Waals surface area contributed by atoms with E-state index in [1.54, 1.807) is 0 Å². The molecule has 5 nitrogen and oxygen atoms in total. The van der Waals surface area contributed by atoms with Crippen LogP contribution in [0.1, 0.15) is 15.9 Å². The predicted molar refractivity (Wildman–Crippen MR) is 75.7 cm³/mol. The van der Waals surface area contributed by atoms with Gasteiger partial charge < -0.3 is 5.32 Å². The molecule has 1 amide bonds. The van der Waals surface area contributed by atoms with E-state index in [1.165, 1.54) is 18.2 Å². The SMILES string of the molecule is O=C(NCc1ccccc1)c1cccc([N+](=O)[O-])c1Cl. The highest BCUT2D eigenvalue weighted by molar-refractivity contribution is 6.35. The topological polar surface area (TPSA) is 72.2 Å². The molecule has 20 heavy (non-hydrogen) atoms. The molecule has 102 valence electrons. The van der Waals surface area contributed by atoms with Crippen LogP contribution in [0.4, 0.5) is 5.69 Å². The van der Waals surface area contributed by atoms with E-state index in [0.29, 0.717) is 6.54 Å². The molecule has 0 saturated heterocycles. The van der Waals surface area contributed by atoms with Gasteiger partial charge in [0.05, 0.1) is 10.5 Å². The molecule has 0 aromatic heterocycles. The average molecular weight is 291 g/mol. The molecule has 0 aliphatic rings. The first-order valence-corrected chi connectivity index (χ1v) is 6.22. The Hall–Kier alpha value is -2.40. The molecule has 0 spiro atoms.